The molecule has 2 amide bonds. The van der Waals surface area contributed by atoms with Gasteiger partial charge in [0.15, 0.2) is 0 Å². The molecule has 5 heteroatoms. The topological polar surface area (TPSA) is 69.6 Å². The quantitative estimate of drug-likeness (QED) is 0.809. The van der Waals surface area contributed by atoms with Crippen molar-refractivity contribution in [1.82, 2.24) is 4.90 Å². The SMILES string of the molecule is C#Cc1cccc(NC(=O)N(CC(=O)O)CC(C)C)c1. The maximum Gasteiger partial charge on any atom is 0.323 e. The summed E-state index contributed by atoms with van der Waals surface area (Å²) in [5.41, 5.74) is 1.20. The average molecular weight is 274 g/mol. The van der Waals surface area contributed by atoms with Crippen molar-refractivity contribution >= 4 is 17.7 Å². The molecule has 0 bridgehead atoms. The molecular formula is C15H18N2O3. The van der Waals surface area contributed by atoms with Crippen LogP contribution in [0.1, 0.15) is 19.4 Å². The van der Waals surface area contributed by atoms with Crippen LogP contribution < -0.4 is 5.32 Å². The second-order valence-electron chi connectivity index (χ2n) is 4.82. The molecule has 5 nitrogen and oxygen atoms in total. The number of amides is 2. The largest absolute Gasteiger partial charge is 0.480 e. The molecule has 0 aliphatic carbocycles. The van der Waals surface area contributed by atoms with E-state index < -0.39 is 12.0 Å². The fraction of sp³-hybridized carbons (Fsp3) is 0.333. The number of rotatable bonds is 5. The molecule has 0 saturated carbocycles. The number of hydrogen-bond acceptors (Lipinski definition) is 2. The number of carboxylic acids is 1. The number of nitrogens with one attached hydrogen (secondary N) is 1. The molecule has 1 rings (SSSR count). The van der Waals surface area contributed by atoms with E-state index in [0.29, 0.717) is 17.8 Å². The van der Waals surface area contributed by atoms with E-state index in [2.05, 4.69) is 11.2 Å². The summed E-state index contributed by atoms with van der Waals surface area (Å²) < 4.78 is 0. The second-order valence-corrected chi connectivity index (χ2v) is 4.82. The molecule has 106 valence electrons. The molecule has 0 aliphatic heterocycles. The highest BCUT2D eigenvalue weighted by molar-refractivity contribution is 5.91. The van der Waals surface area contributed by atoms with E-state index in [1.807, 2.05) is 13.8 Å². The standard InChI is InChI=1S/C15H18N2O3/c1-4-12-6-5-7-13(8-12)16-15(20)17(9-11(2)3)10-14(18)19/h1,5-8,11H,9-10H2,2-3H3,(H,16,20)(H,18,19). The van der Waals surface area contributed by atoms with Crippen LogP contribution in [0, 0.1) is 18.3 Å². The van der Waals surface area contributed by atoms with Crippen molar-refractivity contribution < 1.29 is 14.7 Å². The summed E-state index contributed by atoms with van der Waals surface area (Å²) in [5.74, 6) is 1.61. The summed E-state index contributed by atoms with van der Waals surface area (Å²) >= 11 is 0. The summed E-state index contributed by atoms with van der Waals surface area (Å²) in [7, 11) is 0. The van der Waals surface area contributed by atoms with Crippen LogP contribution in [0.15, 0.2) is 24.3 Å². The van der Waals surface area contributed by atoms with Crippen molar-refractivity contribution in [2.75, 3.05) is 18.4 Å². The Bertz CT molecular complexity index is 532. The Labute approximate surface area is 118 Å². The highest BCUT2D eigenvalue weighted by atomic mass is 16.4. The lowest BCUT2D eigenvalue weighted by Gasteiger charge is -2.23. The van der Waals surface area contributed by atoms with Gasteiger partial charge in [0.1, 0.15) is 6.54 Å². The molecule has 0 spiro atoms. The lowest BCUT2D eigenvalue weighted by atomic mass is 10.2. The van der Waals surface area contributed by atoms with Crippen molar-refractivity contribution in [3.8, 4) is 12.3 Å². The van der Waals surface area contributed by atoms with Gasteiger partial charge in [-0.3, -0.25) is 4.79 Å². The number of hydrogen-bond donors (Lipinski definition) is 2. The summed E-state index contributed by atoms with van der Waals surface area (Å²) in [4.78, 5) is 24.1. The van der Waals surface area contributed by atoms with Crippen LogP contribution in [0.4, 0.5) is 10.5 Å². The first kappa shape index (κ1) is 15.6. The Morgan fingerprint density at radius 2 is 2.15 bits per heavy atom. The Morgan fingerprint density at radius 1 is 1.45 bits per heavy atom. The fourth-order valence-corrected chi connectivity index (χ4v) is 1.71. The first-order chi connectivity index (χ1) is 9.42. The first-order valence-corrected chi connectivity index (χ1v) is 6.26. The van der Waals surface area contributed by atoms with Crippen LogP contribution in [0.25, 0.3) is 0 Å². The van der Waals surface area contributed by atoms with Gasteiger partial charge in [0, 0.05) is 17.8 Å². The Morgan fingerprint density at radius 3 is 2.70 bits per heavy atom. The number of aliphatic carboxylic acids is 1. The van der Waals surface area contributed by atoms with Crippen molar-refractivity contribution in [2.24, 2.45) is 5.92 Å². The zero-order valence-corrected chi connectivity index (χ0v) is 11.6. The van der Waals surface area contributed by atoms with Gasteiger partial charge in [-0.25, -0.2) is 4.79 Å². The number of benzene rings is 1. The van der Waals surface area contributed by atoms with Gasteiger partial charge in [-0.05, 0) is 24.1 Å². The van der Waals surface area contributed by atoms with Gasteiger partial charge >= 0.3 is 12.0 Å². The summed E-state index contributed by atoms with van der Waals surface area (Å²) in [6.45, 7) is 3.87. The zero-order chi connectivity index (χ0) is 15.1. The van der Waals surface area contributed by atoms with Crippen molar-refractivity contribution in [2.45, 2.75) is 13.8 Å². The second kappa shape index (κ2) is 7.19. The van der Waals surface area contributed by atoms with Gasteiger partial charge in [0.2, 0.25) is 0 Å². The molecule has 0 atom stereocenters. The number of carbonyl (C=O) groups excluding carboxylic acids is 1. The molecule has 0 aliphatic rings. The third-order valence-electron chi connectivity index (χ3n) is 2.48. The number of terminal acetylenes is 1. The molecule has 0 fully saturated rings. The van der Waals surface area contributed by atoms with E-state index in [4.69, 9.17) is 11.5 Å². The molecule has 20 heavy (non-hydrogen) atoms. The fourth-order valence-electron chi connectivity index (χ4n) is 1.71. The molecule has 0 unspecified atom stereocenters. The normalized spacial score (nSPS) is 9.90. The molecular weight excluding hydrogens is 256 g/mol. The highest BCUT2D eigenvalue weighted by Gasteiger charge is 2.17. The third-order valence-corrected chi connectivity index (χ3v) is 2.48. The molecule has 0 saturated heterocycles. The zero-order valence-electron chi connectivity index (χ0n) is 11.6. The first-order valence-electron chi connectivity index (χ1n) is 6.26. The molecule has 0 heterocycles. The maximum atomic E-state index is 12.1. The summed E-state index contributed by atoms with van der Waals surface area (Å²) in [6, 6.07) is 6.39. The Balaban J connectivity index is 2.79. The van der Waals surface area contributed by atoms with E-state index in [1.165, 1.54) is 4.90 Å². The van der Waals surface area contributed by atoms with E-state index in [1.54, 1.807) is 24.3 Å². The van der Waals surface area contributed by atoms with Crippen LogP contribution in [-0.4, -0.2) is 35.1 Å². The van der Waals surface area contributed by atoms with E-state index >= 15 is 0 Å². The van der Waals surface area contributed by atoms with E-state index in [9.17, 15) is 9.59 Å². The van der Waals surface area contributed by atoms with Crippen molar-refractivity contribution in [1.29, 1.82) is 0 Å². The molecule has 1 aromatic carbocycles. The van der Waals surface area contributed by atoms with E-state index in [0.717, 1.165) is 0 Å². The van der Waals surface area contributed by atoms with Gasteiger partial charge in [0.25, 0.3) is 0 Å². The third kappa shape index (κ3) is 5.02. The number of carboxylic acid groups (broad SMARTS) is 1. The minimum Gasteiger partial charge on any atom is -0.480 e. The Kier molecular flexibility index (Phi) is 5.60. The van der Waals surface area contributed by atoms with Gasteiger partial charge in [-0.15, -0.1) is 6.42 Å². The predicted octanol–water partition coefficient (Wildman–Crippen LogP) is 2.24. The number of anilines is 1. The highest BCUT2D eigenvalue weighted by Crippen LogP contribution is 2.11. The van der Waals surface area contributed by atoms with Gasteiger partial charge in [-0.1, -0.05) is 25.8 Å². The molecule has 0 radical (unpaired) electrons. The Hall–Kier alpha value is -2.48. The molecule has 1 aromatic rings. The van der Waals surface area contributed by atoms with Crippen LogP contribution in [0.5, 0.6) is 0 Å². The lowest BCUT2D eigenvalue weighted by molar-refractivity contribution is -0.137. The lowest BCUT2D eigenvalue weighted by Crippen LogP contribution is -2.40. The number of urea groups is 1. The van der Waals surface area contributed by atoms with Gasteiger partial charge < -0.3 is 15.3 Å². The smallest absolute Gasteiger partial charge is 0.323 e. The monoisotopic (exact) mass is 274 g/mol. The number of nitrogens with zero attached hydrogens (tertiary/aromatic N) is 1. The minimum absolute atomic E-state index is 0.178. The average Bonchev–Trinajstić information content (AvgIpc) is 2.37. The van der Waals surface area contributed by atoms with Gasteiger partial charge in [-0.2, -0.15) is 0 Å². The maximum absolute atomic E-state index is 12.1. The van der Waals surface area contributed by atoms with Crippen LogP contribution in [-0.2, 0) is 4.79 Å². The van der Waals surface area contributed by atoms with Crippen LogP contribution in [0.3, 0.4) is 0 Å². The van der Waals surface area contributed by atoms with Crippen molar-refractivity contribution in [3.05, 3.63) is 29.8 Å². The van der Waals surface area contributed by atoms with Crippen LogP contribution in [0.2, 0.25) is 0 Å². The van der Waals surface area contributed by atoms with Crippen LogP contribution >= 0.6 is 0 Å². The summed E-state index contributed by atoms with van der Waals surface area (Å²) in [6.07, 6.45) is 5.29. The summed E-state index contributed by atoms with van der Waals surface area (Å²) in [5, 5.41) is 11.5. The minimum atomic E-state index is -1.04. The van der Waals surface area contributed by atoms with E-state index in [-0.39, 0.29) is 12.5 Å². The number of carbonyl (C=O) groups is 2. The predicted molar refractivity (Wildman–Crippen MR) is 77.4 cm³/mol. The molecule has 0 aromatic heterocycles. The van der Waals surface area contributed by atoms with Gasteiger partial charge in [0.05, 0.1) is 0 Å². The molecule has 2 N–H and O–H groups in total. The van der Waals surface area contributed by atoms with Crippen molar-refractivity contribution in [3.63, 3.8) is 0 Å².